The maximum absolute atomic E-state index is 12.4. The molecule has 0 aromatic carbocycles. The van der Waals surface area contributed by atoms with Crippen LogP contribution in [0.3, 0.4) is 0 Å². The molecule has 1 unspecified atom stereocenters. The van der Waals surface area contributed by atoms with E-state index >= 15 is 0 Å². The van der Waals surface area contributed by atoms with Gasteiger partial charge in [0.25, 0.3) is 0 Å². The van der Waals surface area contributed by atoms with Crippen LogP contribution in [0.2, 0.25) is 0 Å². The van der Waals surface area contributed by atoms with Crippen LogP contribution in [0.1, 0.15) is 18.4 Å². The highest BCUT2D eigenvalue weighted by atomic mass is 32.1. The summed E-state index contributed by atoms with van der Waals surface area (Å²) < 4.78 is 0. The number of aryl methyl sites for hydroxylation is 1. The Morgan fingerprint density at radius 3 is 3.03 bits per heavy atom. The second kappa shape index (κ2) is 9.19. The zero-order valence-electron chi connectivity index (χ0n) is 16.7. The molecule has 8 nitrogen and oxygen atoms in total. The Balaban J connectivity index is 1.50. The number of carbonyl (C=O) groups excluding carboxylic acids is 1. The number of aliphatic hydroxyl groups is 1. The summed E-state index contributed by atoms with van der Waals surface area (Å²) in [6.45, 7) is 3.02. The van der Waals surface area contributed by atoms with E-state index in [-0.39, 0.29) is 25.1 Å². The lowest BCUT2D eigenvalue weighted by atomic mass is 10.2. The van der Waals surface area contributed by atoms with Gasteiger partial charge < -0.3 is 20.6 Å². The van der Waals surface area contributed by atoms with Crippen molar-refractivity contribution in [2.45, 2.75) is 25.8 Å². The third-order valence-corrected chi connectivity index (χ3v) is 5.94. The summed E-state index contributed by atoms with van der Waals surface area (Å²) in [7, 11) is 0. The van der Waals surface area contributed by atoms with E-state index in [1.54, 1.807) is 12.4 Å². The fourth-order valence-electron chi connectivity index (χ4n) is 3.46. The minimum Gasteiger partial charge on any atom is -0.395 e. The first-order valence-corrected chi connectivity index (χ1v) is 10.7. The predicted molar refractivity (Wildman–Crippen MR) is 118 cm³/mol. The highest BCUT2D eigenvalue weighted by molar-refractivity contribution is 7.18. The molecule has 0 aliphatic carbocycles. The standard InChI is InChI=1S/C21H24N6O2S/c1-14-7-8-22-19(12-14)26-18-6-2-4-15(25-18)17-13-24-21(30-17)27-10-3-5-16(27)20(29)23-9-11-28/h2,4,6-8,12-13,16,28H,3,5,9-11H2,1H3,(H,23,29)(H,22,25,26). The Morgan fingerprint density at radius 2 is 2.20 bits per heavy atom. The zero-order chi connectivity index (χ0) is 20.9. The van der Waals surface area contributed by atoms with Crippen LogP contribution in [0, 0.1) is 6.92 Å². The Labute approximate surface area is 179 Å². The third kappa shape index (κ3) is 4.58. The minimum absolute atomic E-state index is 0.0615. The van der Waals surface area contributed by atoms with Crippen LogP contribution in [-0.4, -0.2) is 51.7 Å². The number of rotatable bonds is 7. The third-order valence-electron chi connectivity index (χ3n) is 4.88. The molecule has 156 valence electrons. The summed E-state index contributed by atoms with van der Waals surface area (Å²) in [5.74, 6) is 1.40. The molecule has 0 bridgehead atoms. The highest BCUT2D eigenvalue weighted by Crippen LogP contribution is 2.34. The number of thiazole rings is 1. The zero-order valence-corrected chi connectivity index (χ0v) is 17.5. The van der Waals surface area contributed by atoms with Gasteiger partial charge in [-0.2, -0.15) is 0 Å². The van der Waals surface area contributed by atoms with Gasteiger partial charge in [0.05, 0.1) is 17.2 Å². The summed E-state index contributed by atoms with van der Waals surface area (Å²) in [5.41, 5.74) is 1.94. The molecule has 0 radical (unpaired) electrons. The molecule has 1 saturated heterocycles. The van der Waals surface area contributed by atoms with Crippen molar-refractivity contribution < 1.29 is 9.90 Å². The van der Waals surface area contributed by atoms with E-state index in [2.05, 4.69) is 20.6 Å². The average Bonchev–Trinajstić information content (AvgIpc) is 3.41. The summed E-state index contributed by atoms with van der Waals surface area (Å²) in [6.07, 6.45) is 5.29. The van der Waals surface area contributed by atoms with Gasteiger partial charge in [0.1, 0.15) is 17.7 Å². The van der Waals surface area contributed by atoms with Crippen molar-refractivity contribution in [3.05, 3.63) is 48.3 Å². The van der Waals surface area contributed by atoms with Gasteiger partial charge in [-0.05, 0) is 49.6 Å². The van der Waals surface area contributed by atoms with E-state index < -0.39 is 0 Å². The molecule has 0 saturated carbocycles. The number of anilines is 3. The number of aromatic nitrogens is 3. The van der Waals surface area contributed by atoms with Crippen LogP contribution in [0.4, 0.5) is 16.8 Å². The summed E-state index contributed by atoms with van der Waals surface area (Å²) >= 11 is 1.53. The van der Waals surface area contributed by atoms with Crippen molar-refractivity contribution in [2.24, 2.45) is 0 Å². The van der Waals surface area contributed by atoms with Gasteiger partial charge in [-0.1, -0.05) is 17.4 Å². The molecule has 3 N–H and O–H groups in total. The Bertz CT molecular complexity index is 1020. The lowest BCUT2D eigenvalue weighted by Crippen LogP contribution is -2.44. The Kier molecular flexibility index (Phi) is 6.20. The smallest absolute Gasteiger partial charge is 0.242 e. The quantitative estimate of drug-likeness (QED) is 0.536. The van der Waals surface area contributed by atoms with E-state index in [9.17, 15) is 4.79 Å². The molecule has 3 aromatic rings. The van der Waals surface area contributed by atoms with Crippen molar-refractivity contribution in [1.82, 2.24) is 20.3 Å². The average molecular weight is 425 g/mol. The number of amides is 1. The topological polar surface area (TPSA) is 103 Å². The minimum atomic E-state index is -0.246. The first-order valence-electron chi connectivity index (χ1n) is 9.92. The van der Waals surface area contributed by atoms with E-state index in [4.69, 9.17) is 10.1 Å². The first-order chi connectivity index (χ1) is 14.6. The van der Waals surface area contributed by atoms with Gasteiger partial charge in [-0.25, -0.2) is 15.0 Å². The van der Waals surface area contributed by atoms with E-state index in [1.165, 1.54) is 11.3 Å². The lowest BCUT2D eigenvalue weighted by Gasteiger charge is -2.22. The second-order valence-electron chi connectivity index (χ2n) is 7.12. The molecule has 0 spiro atoms. The fourth-order valence-corrected chi connectivity index (χ4v) is 4.42. The Hall–Kier alpha value is -3.04. The van der Waals surface area contributed by atoms with Crippen LogP contribution in [-0.2, 0) is 4.79 Å². The molecule has 1 fully saturated rings. The molecular weight excluding hydrogens is 400 g/mol. The van der Waals surface area contributed by atoms with Crippen LogP contribution >= 0.6 is 11.3 Å². The van der Waals surface area contributed by atoms with Crippen molar-refractivity contribution in [1.29, 1.82) is 0 Å². The molecule has 4 rings (SSSR count). The molecular formula is C21H24N6O2S. The van der Waals surface area contributed by atoms with Crippen molar-refractivity contribution in [3.63, 3.8) is 0 Å². The van der Waals surface area contributed by atoms with Crippen LogP contribution < -0.4 is 15.5 Å². The van der Waals surface area contributed by atoms with Gasteiger partial charge in [0.15, 0.2) is 5.13 Å². The largest absolute Gasteiger partial charge is 0.395 e. The van der Waals surface area contributed by atoms with Gasteiger partial charge in [-0.15, -0.1) is 0 Å². The molecule has 30 heavy (non-hydrogen) atoms. The van der Waals surface area contributed by atoms with Gasteiger partial charge in [0.2, 0.25) is 5.91 Å². The summed E-state index contributed by atoms with van der Waals surface area (Å²) in [6, 6.07) is 9.46. The van der Waals surface area contributed by atoms with Gasteiger partial charge in [-0.3, -0.25) is 4.79 Å². The predicted octanol–water partition coefficient (Wildman–Crippen LogP) is 2.73. The van der Waals surface area contributed by atoms with Crippen molar-refractivity contribution >= 4 is 34.0 Å². The van der Waals surface area contributed by atoms with E-state index in [0.29, 0.717) is 5.82 Å². The number of nitrogens with one attached hydrogen (secondary N) is 2. The van der Waals surface area contributed by atoms with Crippen LogP contribution in [0.25, 0.3) is 10.6 Å². The fraction of sp³-hybridized carbons (Fsp3) is 0.333. The first kappa shape index (κ1) is 20.2. The monoisotopic (exact) mass is 424 g/mol. The number of carbonyl (C=O) groups is 1. The molecule has 1 aliphatic heterocycles. The number of hydrogen-bond acceptors (Lipinski definition) is 8. The molecule has 1 amide bonds. The highest BCUT2D eigenvalue weighted by Gasteiger charge is 2.32. The maximum atomic E-state index is 12.4. The molecule has 4 heterocycles. The number of hydrogen-bond donors (Lipinski definition) is 3. The van der Waals surface area contributed by atoms with Gasteiger partial charge >= 0.3 is 0 Å². The molecule has 9 heteroatoms. The molecule has 1 aliphatic rings. The van der Waals surface area contributed by atoms with E-state index in [0.717, 1.165) is 46.5 Å². The Morgan fingerprint density at radius 1 is 1.30 bits per heavy atom. The number of aliphatic hydroxyl groups excluding tert-OH is 1. The lowest BCUT2D eigenvalue weighted by molar-refractivity contribution is -0.122. The molecule has 3 aromatic heterocycles. The van der Waals surface area contributed by atoms with Gasteiger partial charge in [0, 0.05) is 25.5 Å². The summed E-state index contributed by atoms with van der Waals surface area (Å²) in [4.78, 5) is 28.9. The SMILES string of the molecule is Cc1ccnc(Nc2cccc(-c3cnc(N4CCCC4C(=O)NCCO)s3)n2)c1. The van der Waals surface area contributed by atoms with Crippen LogP contribution in [0.15, 0.2) is 42.7 Å². The summed E-state index contributed by atoms with van der Waals surface area (Å²) in [5, 5.41) is 15.8. The van der Waals surface area contributed by atoms with E-state index in [1.807, 2.05) is 42.2 Å². The number of pyridine rings is 2. The second-order valence-corrected chi connectivity index (χ2v) is 8.13. The normalized spacial score (nSPS) is 15.9. The van der Waals surface area contributed by atoms with Crippen molar-refractivity contribution in [3.8, 4) is 10.6 Å². The number of nitrogens with zero attached hydrogens (tertiary/aromatic N) is 4. The molecule has 1 atom stereocenters. The maximum Gasteiger partial charge on any atom is 0.242 e. The van der Waals surface area contributed by atoms with Crippen molar-refractivity contribution in [2.75, 3.05) is 29.9 Å². The van der Waals surface area contributed by atoms with Crippen LogP contribution in [0.5, 0.6) is 0 Å².